The highest BCUT2D eigenvalue weighted by Gasteiger charge is 2.18. The van der Waals surface area contributed by atoms with Crippen molar-refractivity contribution in [2.45, 2.75) is 84.0 Å². The third kappa shape index (κ3) is 7.03. The fraction of sp³-hybridized carbons (Fsp3) is 0.737. The highest BCUT2D eigenvalue weighted by molar-refractivity contribution is 7.99. The van der Waals surface area contributed by atoms with Crippen molar-refractivity contribution in [1.82, 2.24) is 4.98 Å². The average Bonchev–Trinajstić information content (AvgIpc) is 2.81. The molecule has 23 heavy (non-hydrogen) atoms. The lowest BCUT2D eigenvalue weighted by Gasteiger charge is -2.04. The van der Waals surface area contributed by atoms with E-state index in [2.05, 4.69) is 11.9 Å². The zero-order valence-corrected chi connectivity index (χ0v) is 16.1. The highest BCUT2D eigenvalue weighted by atomic mass is 32.2. The lowest BCUT2D eigenvalue weighted by Crippen LogP contribution is -2.06. The molecule has 132 valence electrons. The molecule has 0 aromatic carbocycles. The molecular formula is C19H33NO2S. The van der Waals surface area contributed by atoms with Crippen molar-refractivity contribution in [3.05, 3.63) is 17.0 Å². The molecule has 3 nitrogen and oxygen atoms in total. The molecule has 0 aliphatic carbocycles. The fourth-order valence-corrected chi connectivity index (χ4v) is 3.91. The van der Waals surface area contributed by atoms with Crippen LogP contribution in [0.3, 0.4) is 0 Å². The first-order valence-corrected chi connectivity index (χ1v) is 10.1. The van der Waals surface area contributed by atoms with Crippen LogP contribution in [0.2, 0.25) is 0 Å². The summed E-state index contributed by atoms with van der Waals surface area (Å²) in [6.07, 6.45) is 10.8. The van der Waals surface area contributed by atoms with Crippen molar-refractivity contribution >= 4 is 17.7 Å². The van der Waals surface area contributed by atoms with Crippen LogP contribution >= 0.6 is 11.8 Å². The number of aromatic amines is 1. The highest BCUT2D eigenvalue weighted by Crippen LogP contribution is 2.30. The van der Waals surface area contributed by atoms with Crippen LogP contribution in [0.25, 0.3) is 0 Å². The second kappa shape index (κ2) is 11.6. The predicted molar refractivity (Wildman–Crippen MR) is 99.6 cm³/mol. The number of ether oxygens (including phenoxy) is 1. The monoisotopic (exact) mass is 339 g/mol. The van der Waals surface area contributed by atoms with Gasteiger partial charge in [0.2, 0.25) is 0 Å². The van der Waals surface area contributed by atoms with Gasteiger partial charge in [-0.15, -0.1) is 11.8 Å². The second-order valence-electron chi connectivity index (χ2n) is 6.12. The van der Waals surface area contributed by atoms with Crippen molar-refractivity contribution in [2.24, 2.45) is 0 Å². The van der Waals surface area contributed by atoms with Crippen LogP contribution < -0.4 is 0 Å². The molecule has 0 aliphatic rings. The van der Waals surface area contributed by atoms with Crippen LogP contribution in [0.4, 0.5) is 0 Å². The molecule has 1 aromatic rings. The summed E-state index contributed by atoms with van der Waals surface area (Å²) in [5.41, 5.74) is 2.73. The summed E-state index contributed by atoms with van der Waals surface area (Å²) in [5, 5.41) is 0. The van der Waals surface area contributed by atoms with E-state index in [1.165, 1.54) is 56.3 Å². The van der Waals surface area contributed by atoms with Crippen LogP contribution in [0.5, 0.6) is 0 Å². The lowest BCUT2D eigenvalue weighted by atomic mass is 10.1. The van der Waals surface area contributed by atoms with Gasteiger partial charge in [-0.05, 0) is 38.5 Å². The van der Waals surface area contributed by atoms with E-state index in [9.17, 15) is 4.79 Å². The Morgan fingerprint density at radius 3 is 2.22 bits per heavy atom. The Bertz CT molecular complexity index is 468. The van der Waals surface area contributed by atoms with E-state index in [-0.39, 0.29) is 5.97 Å². The maximum Gasteiger partial charge on any atom is 0.355 e. The topological polar surface area (TPSA) is 42.1 Å². The van der Waals surface area contributed by atoms with E-state index in [4.69, 9.17) is 4.74 Å². The molecule has 1 aromatic heterocycles. The summed E-state index contributed by atoms with van der Waals surface area (Å²) in [5.74, 6) is 0.878. The first-order chi connectivity index (χ1) is 11.1. The molecule has 0 amide bonds. The number of carbonyl (C=O) groups excluding carboxylic acids is 1. The molecule has 0 fully saturated rings. The molecule has 4 heteroatoms. The van der Waals surface area contributed by atoms with Crippen LogP contribution in [-0.4, -0.2) is 23.3 Å². The Morgan fingerprint density at radius 1 is 1.00 bits per heavy atom. The third-order valence-electron chi connectivity index (χ3n) is 4.09. The Labute approximate surface area is 146 Å². The van der Waals surface area contributed by atoms with E-state index >= 15 is 0 Å². The molecule has 0 unspecified atom stereocenters. The fourth-order valence-electron chi connectivity index (χ4n) is 2.77. The second-order valence-corrected chi connectivity index (χ2v) is 7.23. The van der Waals surface area contributed by atoms with Gasteiger partial charge in [-0.25, -0.2) is 4.79 Å². The van der Waals surface area contributed by atoms with Gasteiger partial charge in [0.05, 0.1) is 6.61 Å². The van der Waals surface area contributed by atoms with Gasteiger partial charge >= 0.3 is 5.97 Å². The van der Waals surface area contributed by atoms with Gasteiger partial charge in [0.15, 0.2) is 0 Å². The largest absolute Gasteiger partial charge is 0.461 e. The van der Waals surface area contributed by atoms with E-state index < -0.39 is 0 Å². The zero-order valence-electron chi connectivity index (χ0n) is 15.3. The summed E-state index contributed by atoms with van der Waals surface area (Å²) in [7, 11) is 0. The number of carbonyl (C=O) groups is 1. The minimum atomic E-state index is -0.243. The Hall–Kier alpha value is -0.900. The molecule has 0 saturated carbocycles. The minimum Gasteiger partial charge on any atom is -0.461 e. The van der Waals surface area contributed by atoms with Crippen LogP contribution in [0.1, 0.15) is 87.0 Å². The van der Waals surface area contributed by atoms with Gasteiger partial charge in [0.25, 0.3) is 0 Å². The molecule has 0 atom stereocenters. The number of thioether (sulfide) groups is 1. The molecule has 0 radical (unpaired) electrons. The van der Waals surface area contributed by atoms with Gasteiger partial charge in [0, 0.05) is 10.6 Å². The number of unbranched alkanes of at least 4 members (excludes halogenated alkanes) is 7. The first-order valence-electron chi connectivity index (χ1n) is 9.10. The third-order valence-corrected chi connectivity index (χ3v) is 5.49. The standard InChI is InChI=1S/C19H33NO2S/c1-5-7-8-9-10-11-12-13-14-23-18-15(3)17(20-16(18)4)19(21)22-6-2/h20H,5-14H2,1-4H3. The molecular weight excluding hydrogens is 306 g/mol. The van der Waals surface area contributed by atoms with Gasteiger partial charge in [-0.1, -0.05) is 51.9 Å². The lowest BCUT2D eigenvalue weighted by molar-refractivity contribution is 0.0519. The van der Waals surface area contributed by atoms with Gasteiger partial charge in [-0.3, -0.25) is 0 Å². The van der Waals surface area contributed by atoms with Crippen LogP contribution in [0, 0.1) is 13.8 Å². The number of hydrogen-bond donors (Lipinski definition) is 1. The average molecular weight is 340 g/mol. The van der Waals surface area contributed by atoms with Crippen LogP contribution in [-0.2, 0) is 4.74 Å². The van der Waals surface area contributed by atoms with Crippen molar-refractivity contribution < 1.29 is 9.53 Å². The molecule has 0 saturated heterocycles. The summed E-state index contributed by atoms with van der Waals surface area (Å²) in [6.45, 7) is 8.55. The Balaban J connectivity index is 2.28. The number of esters is 1. The summed E-state index contributed by atoms with van der Waals surface area (Å²) in [6, 6.07) is 0. The van der Waals surface area contributed by atoms with E-state index in [1.807, 2.05) is 32.5 Å². The minimum absolute atomic E-state index is 0.243. The SMILES string of the molecule is CCCCCCCCCCSc1c(C)[nH]c(C(=O)OCC)c1C. The summed E-state index contributed by atoms with van der Waals surface area (Å²) >= 11 is 1.86. The number of aromatic nitrogens is 1. The molecule has 0 aliphatic heterocycles. The van der Waals surface area contributed by atoms with E-state index in [0.29, 0.717) is 12.3 Å². The summed E-state index contributed by atoms with van der Waals surface area (Å²) in [4.78, 5) is 16.3. The van der Waals surface area contributed by atoms with Gasteiger partial charge < -0.3 is 9.72 Å². The quantitative estimate of drug-likeness (QED) is 0.287. The molecule has 1 heterocycles. The zero-order chi connectivity index (χ0) is 17.1. The Morgan fingerprint density at radius 2 is 1.61 bits per heavy atom. The van der Waals surface area contributed by atoms with E-state index in [1.54, 1.807) is 0 Å². The maximum absolute atomic E-state index is 11.9. The smallest absolute Gasteiger partial charge is 0.355 e. The predicted octanol–water partition coefficient (Wildman–Crippen LogP) is 6.04. The summed E-state index contributed by atoms with van der Waals surface area (Å²) < 4.78 is 5.10. The van der Waals surface area contributed by atoms with Crippen molar-refractivity contribution in [1.29, 1.82) is 0 Å². The van der Waals surface area contributed by atoms with Crippen molar-refractivity contribution in [3.8, 4) is 0 Å². The number of rotatable bonds is 12. The number of aryl methyl sites for hydroxylation is 1. The first kappa shape index (κ1) is 20.1. The number of hydrogen-bond acceptors (Lipinski definition) is 3. The van der Waals surface area contributed by atoms with E-state index in [0.717, 1.165) is 17.0 Å². The normalized spacial score (nSPS) is 11.0. The van der Waals surface area contributed by atoms with Crippen LogP contribution in [0.15, 0.2) is 4.90 Å². The van der Waals surface area contributed by atoms with Gasteiger partial charge in [0.1, 0.15) is 5.69 Å². The van der Waals surface area contributed by atoms with Crippen molar-refractivity contribution in [3.63, 3.8) is 0 Å². The number of nitrogens with one attached hydrogen (secondary N) is 1. The number of H-pyrrole nitrogens is 1. The van der Waals surface area contributed by atoms with Crippen molar-refractivity contribution in [2.75, 3.05) is 12.4 Å². The molecule has 1 rings (SSSR count). The molecule has 0 spiro atoms. The Kier molecular flexibility index (Phi) is 10.2. The molecule has 0 bridgehead atoms. The van der Waals surface area contributed by atoms with Gasteiger partial charge in [-0.2, -0.15) is 0 Å². The molecule has 1 N–H and O–H groups in total. The maximum atomic E-state index is 11.9.